The minimum Gasteiger partial charge on any atom is -0.484 e. The zero-order chi connectivity index (χ0) is 37.6. The summed E-state index contributed by atoms with van der Waals surface area (Å²) in [5, 5.41) is 12.1. The Bertz CT molecular complexity index is 1810. The number of piperidine rings is 1. The lowest BCUT2D eigenvalue weighted by molar-refractivity contribution is -0.134. The minimum atomic E-state index is -0.396. The SMILES string of the molecule is CN(C)C(=O)C1=CC2=CNC(Nc3ccc(N4CCN(CCCNC(=O)COc5cccc(C6CCC(=O)NC6=O)c5)CC4)cc3)=NC2N1C1CCCC1. The lowest BCUT2D eigenvalue weighted by Crippen LogP contribution is -2.47. The van der Waals surface area contributed by atoms with Gasteiger partial charge in [-0.25, -0.2) is 4.99 Å². The highest BCUT2D eigenvalue weighted by Gasteiger charge is 2.41. The van der Waals surface area contributed by atoms with E-state index < -0.39 is 5.92 Å². The molecule has 0 bridgehead atoms. The van der Waals surface area contributed by atoms with Crippen LogP contribution < -0.4 is 30.9 Å². The number of nitrogens with zero attached hydrogens (tertiary/aromatic N) is 5. The van der Waals surface area contributed by atoms with Crippen molar-refractivity contribution in [3.63, 3.8) is 0 Å². The summed E-state index contributed by atoms with van der Waals surface area (Å²) in [6.45, 7) is 5.10. The van der Waals surface area contributed by atoms with Crippen LogP contribution in [0.4, 0.5) is 11.4 Å². The largest absolute Gasteiger partial charge is 0.484 e. The molecule has 1 aliphatic carbocycles. The Balaban J connectivity index is 0.814. The van der Waals surface area contributed by atoms with Gasteiger partial charge in [0.25, 0.3) is 11.8 Å². The molecule has 2 aromatic rings. The number of guanidine groups is 1. The van der Waals surface area contributed by atoms with Crippen LogP contribution in [0.25, 0.3) is 0 Å². The fraction of sp³-hybridized carbons (Fsp3) is 0.475. The van der Waals surface area contributed by atoms with E-state index >= 15 is 0 Å². The highest BCUT2D eigenvalue weighted by atomic mass is 16.5. The molecule has 7 rings (SSSR count). The summed E-state index contributed by atoms with van der Waals surface area (Å²) in [6.07, 6.45) is 9.86. The summed E-state index contributed by atoms with van der Waals surface area (Å²) in [4.78, 5) is 62.9. The maximum atomic E-state index is 13.1. The van der Waals surface area contributed by atoms with E-state index in [0.717, 1.165) is 74.5 Å². The summed E-state index contributed by atoms with van der Waals surface area (Å²) >= 11 is 0. The molecule has 4 N–H and O–H groups in total. The van der Waals surface area contributed by atoms with Crippen LogP contribution in [0.5, 0.6) is 5.75 Å². The average molecular weight is 738 g/mol. The van der Waals surface area contributed by atoms with Gasteiger partial charge in [0.15, 0.2) is 12.8 Å². The van der Waals surface area contributed by atoms with Crippen LogP contribution in [0, 0.1) is 0 Å². The Hall–Kier alpha value is -5.37. The molecule has 14 nitrogen and oxygen atoms in total. The molecule has 3 fully saturated rings. The van der Waals surface area contributed by atoms with Crippen molar-refractivity contribution in [2.45, 2.75) is 63.1 Å². The van der Waals surface area contributed by atoms with Crippen LogP contribution in [0.3, 0.4) is 0 Å². The van der Waals surface area contributed by atoms with Gasteiger partial charge in [0.1, 0.15) is 11.4 Å². The normalized spacial score (nSPS) is 21.7. The molecule has 2 saturated heterocycles. The van der Waals surface area contributed by atoms with Crippen molar-refractivity contribution in [2.75, 3.05) is 70.2 Å². The van der Waals surface area contributed by atoms with Gasteiger partial charge in [-0.15, -0.1) is 0 Å². The molecule has 0 radical (unpaired) electrons. The molecule has 2 unspecified atom stereocenters. The molecule has 2 aromatic carbocycles. The van der Waals surface area contributed by atoms with Gasteiger partial charge in [-0.1, -0.05) is 25.0 Å². The molecule has 4 amide bonds. The third-order valence-electron chi connectivity index (χ3n) is 10.8. The average Bonchev–Trinajstić information content (AvgIpc) is 3.84. The molecule has 0 spiro atoms. The van der Waals surface area contributed by atoms with E-state index in [1.165, 1.54) is 18.5 Å². The number of piperazine rings is 1. The summed E-state index contributed by atoms with van der Waals surface area (Å²) in [7, 11) is 3.60. The van der Waals surface area contributed by atoms with E-state index in [1.807, 2.05) is 18.3 Å². The minimum absolute atomic E-state index is 0.0132. The van der Waals surface area contributed by atoms with Crippen molar-refractivity contribution < 1.29 is 23.9 Å². The number of rotatable bonds is 12. The molecular formula is C40H51N9O5. The lowest BCUT2D eigenvalue weighted by atomic mass is 9.90. The number of benzene rings is 2. The quantitative estimate of drug-likeness (QED) is 0.189. The van der Waals surface area contributed by atoms with Crippen LogP contribution in [-0.2, 0) is 19.2 Å². The van der Waals surface area contributed by atoms with Gasteiger partial charge < -0.3 is 35.4 Å². The maximum Gasteiger partial charge on any atom is 0.269 e. The number of carbonyl (C=O) groups is 4. The fourth-order valence-corrected chi connectivity index (χ4v) is 7.90. The van der Waals surface area contributed by atoms with Crippen molar-refractivity contribution in [1.29, 1.82) is 0 Å². The first-order chi connectivity index (χ1) is 26.2. The molecule has 1 saturated carbocycles. The second-order valence-electron chi connectivity index (χ2n) is 14.8. The maximum absolute atomic E-state index is 13.1. The zero-order valence-corrected chi connectivity index (χ0v) is 31.2. The first-order valence-electron chi connectivity index (χ1n) is 19.2. The molecule has 0 aromatic heterocycles. The van der Waals surface area contributed by atoms with Crippen molar-refractivity contribution >= 4 is 41.0 Å². The van der Waals surface area contributed by atoms with Crippen LogP contribution in [0.2, 0.25) is 0 Å². The number of hydrogen-bond acceptors (Lipinski definition) is 11. The Morgan fingerprint density at radius 3 is 2.52 bits per heavy atom. The third kappa shape index (κ3) is 8.70. The van der Waals surface area contributed by atoms with Crippen molar-refractivity contribution in [3.8, 4) is 5.75 Å². The summed E-state index contributed by atoms with van der Waals surface area (Å²) < 4.78 is 5.70. The molecule has 4 aliphatic heterocycles. The topological polar surface area (TPSA) is 151 Å². The van der Waals surface area contributed by atoms with Crippen molar-refractivity contribution in [3.05, 3.63) is 77.6 Å². The van der Waals surface area contributed by atoms with E-state index in [4.69, 9.17) is 9.73 Å². The highest BCUT2D eigenvalue weighted by Crippen LogP contribution is 2.37. The van der Waals surface area contributed by atoms with Crippen molar-refractivity contribution in [1.82, 2.24) is 30.7 Å². The smallest absolute Gasteiger partial charge is 0.269 e. The number of imide groups is 1. The van der Waals surface area contributed by atoms with Crippen molar-refractivity contribution in [2.24, 2.45) is 4.99 Å². The highest BCUT2D eigenvalue weighted by molar-refractivity contribution is 6.01. The van der Waals surface area contributed by atoms with Gasteiger partial charge in [-0.2, -0.15) is 0 Å². The zero-order valence-electron chi connectivity index (χ0n) is 31.2. The summed E-state index contributed by atoms with van der Waals surface area (Å²) in [6, 6.07) is 15.9. The number of hydrogen-bond donors (Lipinski definition) is 4. The molecule has 5 aliphatic rings. The standard InChI is InChI=1S/C40H51N9O5/c1-46(2)39(53)34-24-28-25-42-40(45-37(28)49(34)31-8-3-4-9-31)43-29-11-13-30(14-12-29)48-21-19-47(20-22-48)18-6-17-41-36(51)26-54-32-10-5-7-27(23-32)33-15-16-35(50)44-38(33)52/h5,7,10-14,23-25,31,33,37H,3-4,6,8-9,15-22,26H2,1-2H3,(H,41,51)(H2,42,43,45)(H,44,50,52). The Labute approximate surface area is 316 Å². The number of aliphatic imine (C=N–C) groups is 1. The van der Waals surface area contributed by atoms with Crippen LogP contribution >= 0.6 is 0 Å². The fourth-order valence-electron chi connectivity index (χ4n) is 7.90. The number of likely N-dealkylation sites (N-methyl/N-ethyl adjacent to an activating group) is 1. The molecular weight excluding hydrogens is 686 g/mol. The van der Waals surface area contributed by atoms with Gasteiger partial charge in [-0.05, 0) is 80.3 Å². The number of anilines is 2. The van der Waals surface area contributed by atoms with E-state index in [0.29, 0.717) is 37.1 Å². The van der Waals surface area contributed by atoms with E-state index in [-0.39, 0.29) is 36.4 Å². The lowest BCUT2D eigenvalue weighted by Gasteiger charge is -2.36. The predicted octanol–water partition coefficient (Wildman–Crippen LogP) is 2.73. The Kier molecular flexibility index (Phi) is 11.5. The number of ether oxygens (including phenoxy) is 1. The second-order valence-corrected chi connectivity index (χ2v) is 14.8. The number of nitrogens with one attached hydrogen (secondary N) is 4. The predicted molar refractivity (Wildman–Crippen MR) is 207 cm³/mol. The van der Waals surface area contributed by atoms with E-state index in [2.05, 4.69) is 60.2 Å². The summed E-state index contributed by atoms with van der Waals surface area (Å²) in [5.41, 5.74) is 4.62. The molecule has 2 atom stereocenters. The van der Waals surface area contributed by atoms with Gasteiger partial charge in [-0.3, -0.25) is 29.4 Å². The molecule has 286 valence electrons. The van der Waals surface area contributed by atoms with Gasteiger partial charge >= 0.3 is 0 Å². The first-order valence-corrected chi connectivity index (χ1v) is 19.2. The second kappa shape index (κ2) is 16.8. The number of carbonyl (C=O) groups excluding carboxylic acids is 4. The molecule has 54 heavy (non-hydrogen) atoms. The van der Waals surface area contributed by atoms with E-state index in [9.17, 15) is 19.2 Å². The van der Waals surface area contributed by atoms with E-state index in [1.54, 1.807) is 37.2 Å². The Morgan fingerprint density at radius 1 is 1.00 bits per heavy atom. The first kappa shape index (κ1) is 37.0. The third-order valence-corrected chi connectivity index (χ3v) is 10.8. The molecule has 4 heterocycles. The van der Waals surface area contributed by atoms with Gasteiger partial charge in [0, 0.05) is 82.4 Å². The number of amides is 4. The van der Waals surface area contributed by atoms with Crippen LogP contribution in [0.15, 0.2) is 77.1 Å². The van der Waals surface area contributed by atoms with Gasteiger partial charge in [0.2, 0.25) is 17.8 Å². The van der Waals surface area contributed by atoms with Crippen LogP contribution in [-0.4, -0.2) is 116 Å². The number of fused-ring (bicyclic) bond motifs is 1. The van der Waals surface area contributed by atoms with Gasteiger partial charge in [0.05, 0.1) is 5.92 Å². The Morgan fingerprint density at radius 2 is 1.78 bits per heavy atom. The van der Waals surface area contributed by atoms with Crippen LogP contribution in [0.1, 0.15) is 56.4 Å². The summed E-state index contributed by atoms with van der Waals surface area (Å²) in [5.74, 6) is 0.0668. The molecule has 14 heteroatoms. The monoisotopic (exact) mass is 737 g/mol.